The molecule has 0 atom stereocenters. The molecule has 8 nitrogen and oxygen atoms in total. The van der Waals surface area contributed by atoms with Crippen molar-refractivity contribution in [1.82, 2.24) is 19.7 Å². The minimum atomic E-state index is -4.59. The average molecular weight is 509 g/mol. The van der Waals surface area contributed by atoms with Crippen molar-refractivity contribution in [1.29, 1.82) is 0 Å². The number of amides is 1. The monoisotopic (exact) mass is 508 g/mol. The summed E-state index contributed by atoms with van der Waals surface area (Å²) in [7, 11) is 0. The van der Waals surface area contributed by atoms with E-state index >= 15 is 0 Å². The molecule has 1 fully saturated rings. The second kappa shape index (κ2) is 10.0. The van der Waals surface area contributed by atoms with Crippen LogP contribution in [0.25, 0.3) is 16.8 Å². The van der Waals surface area contributed by atoms with Gasteiger partial charge in [-0.3, -0.25) is 14.8 Å². The molecular formula is C26H23F3N6O2. The Kier molecular flexibility index (Phi) is 6.62. The third-order valence-corrected chi connectivity index (χ3v) is 6.06. The van der Waals surface area contributed by atoms with Gasteiger partial charge in [0.2, 0.25) is 0 Å². The van der Waals surface area contributed by atoms with E-state index in [1.807, 2.05) is 19.3 Å². The van der Waals surface area contributed by atoms with E-state index in [-0.39, 0.29) is 5.56 Å². The first-order chi connectivity index (χ1) is 17.8. The number of pyridine rings is 2. The van der Waals surface area contributed by atoms with Gasteiger partial charge in [0.25, 0.3) is 5.91 Å². The molecule has 0 aliphatic carbocycles. The molecule has 0 radical (unpaired) electrons. The Morgan fingerprint density at radius 1 is 0.973 bits per heavy atom. The summed E-state index contributed by atoms with van der Waals surface area (Å²) in [5.41, 5.74) is 3.64. The summed E-state index contributed by atoms with van der Waals surface area (Å²) in [6, 6.07) is 8.03. The van der Waals surface area contributed by atoms with Crippen molar-refractivity contribution in [2.24, 2.45) is 0 Å². The van der Waals surface area contributed by atoms with E-state index in [0.717, 1.165) is 47.7 Å². The van der Waals surface area contributed by atoms with Crippen LogP contribution in [0, 0.1) is 6.92 Å². The van der Waals surface area contributed by atoms with Gasteiger partial charge in [0, 0.05) is 54.7 Å². The van der Waals surface area contributed by atoms with Gasteiger partial charge in [-0.2, -0.15) is 18.3 Å². The number of anilines is 2. The first-order valence-corrected chi connectivity index (χ1v) is 11.6. The molecule has 1 saturated heterocycles. The van der Waals surface area contributed by atoms with Crippen molar-refractivity contribution in [3.8, 4) is 16.8 Å². The minimum absolute atomic E-state index is 0.189. The number of nitrogens with zero attached hydrogens (tertiary/aromatic N) is 5. The van der Waals surface area contributed by atoms with Crippen molar-refractivity contribution < 1.29 is 22.7 Å². The predicted molar refractivity (Wildman–Crippen MR) is 132 cm³/mol. The maximum atomic E-state index is 13.0. The average Bonchev–Trinajstić information content (AvgIpc) is 3.40. The van der Waals surface area contributed by atoms with E-state index in [1.165, 1.54) is 0 Å². The highest BCUT2D eigenvalue weighted by Crippen LogP contribution is 2.29. The van der Waals surface area contributed by atoms with Gasteiger partial charge in [0.15, 0.2) is 0 Å². The fourth-order valence-corrected chi connectivity index (χ4v) is 4.04. The number of hydrogen-bond donors (Lipinski definition) is 1. The Hall–Kier alpha value is -4.25. The lowest BCUT2D eigenvalue weighted by Gasteiger charge is -2.28. The van der Waals surface area contributed by atoms with Crippen LogP contribution in [-0.2, 0) is 10.9 Å². The van der Waals surface area contributed by atoms with Crippen LogP contribution < -0.4 is 10.2 Å². The van der Waals surface area contributed by atoms with Gasteiger partial charge in [-0.1, -0.05) is 6.07 Å². The van der Waals surface area contributed by atoms with Crippen LogP contribution in [0.4, 0.5) is 24.5 Å². The summed E-state index contributed by atoms with van der Waals surface area (Å²) in [5.74, 6) is -0.694. The van der Waals surface area contributed by atoms with Gasteiger partial charge < -0.3 is 15.0 Å². The Morgan fingerprint density at radius 2 is 1.76 bits per heavy atom. The number of hydrogen-bond acceptors (Lipinski definition) is 6. The second-order valence-electron chi connectivity index (χ2n) is 8.62. The van der Waals surface area contributed by atoms with E-state index in [1.54, 1.807) is 35.3 Å². The number of benzene rings is 1. The predicted octanol–water partition coefficient (Wildman–Crippen LogP) is 4.75. The Balaban J connectivity index is 1.37. The van der Waals surface area contributed by atoms with Gasteiger partial charge in [-0.25, -0.2) is 4.68 Å². The zero-order chi connectivity index (χ0) is 26.0. The molecule has 0 spiro atoms. The molecule has 0 unspecified atom stereocenters. The van der Waals surface area contributed by atoms with Gasteiger partial charge in [-0.05, 0) is 36.8 Å². The topological polar surface area (TPSA) is 85.2 Å². The molecule has 1 N–H and O–H groups in total. The fraction of sp³-hybridized carbons (Fsp3) is 0.231. The van der Waals surface area contributed by atoms with Crippen LogP contribution in [0.2, 0.25) is 0 Å². The zero-order valence-corrected chi connectivity index (χ0v) is 19.9. The summed E-state index contributed by atoms with van der Waals surface area (Å²) < 4.78 is 46.1. The van der Waals surface area contributed by atoms with Crippen molar-refractivity contribution in [2.45, 2.75) is 13.1 Å². The van der Waals surface area contributed by atoms with E-state index in [4.69, 9.17) is 4.74 Å². The number of alkyl halides is 3. The first kappa shape index (κ1) is 24.4. The van der Waals surface area contributed by atoms with E-state index in [9.17, 15) is 18.0 Å². The number of morpholine rings is 1. The maximum absolute atomic E-state index is 13.0. The molecule has 0 bridgehead atoms. The highest BCUT2D eigenvalue weighted by Gasteiger charge is 2.31. The van der Waals surface area contributed by atoms with Crippen molar-refractivity contribution in [2.75, 3.05) is 36.5 Å². The maximum Gasteiger partial charge on any atom is 0.417 e. The lowest BCUT2D eigenvalue weighted by Crippen LogP contribution is -2.36. The highest BCUT2D eigenvalue weighted by molar-refractivity contribution is 6.04. The highest BCUT2D eigenvalue weighted by atomic mass is 19.4. The summed E-state index contributed by atoms with van der Waals surface area (Å²) in [6.07, 6.45) is 4.40. The second-order valence-corrected chi connectivity index (χ2v) is 8.62. The van der Waals surface area contributed by atoms with Crippen LogP contribution in [0.5, 0.6) is 0 Å². The summed E-state index contributed by atoms with van der Waals surface area (Å²) >= 11 is 0. The van der Waals surface area contributed by atoms with E-state index in [0.29, 0.717) is 30.8 Å². The minimum Gasteiger partial charge on any atom is -0.378 e. The van der Waals surface area contributed by atoms with Gasteiger partial charge >= 0.3 is 6.18 Å². The molecule has 37 heavy (non-hydrogen) atoms. The Labute approximate surface area is 210 Å². The first-order valence-electron chi connectivity index (χ1n) is 11.6. The Bertz CT molecular complexity index is 1430. The summed E-state index contributed by atoms with van der Waals surface area (Å²) in [5, 5.41) is 7.13. The van der Waals surface area contributed by atoms with Crippen LogP contribution in [0.15, 0.2) is 67.5 Å². The molecule has 5 rings (SSSR count). The molecule has 11 heteroatoms. The number of halogens is 3. The van der Waals surface area contributed by atoms with Crippen LogP contribution in [-0.4, -0.2) is 52.0 Å². The molecular weight excluding hydrogens is 485 g/mol. The number of aryl methyl sites for hydroxylation is 1. The number of carbonyl (C=O) groups excluding carboxylic acids is 1. The van der Waals surface area contributed by atoms with E-state index in [2.05, 4.69) is 31.3 Å². The van der Waals surface area contributed by atoms with Crippen LogP contribution >= 0.6 is 0 Å². The fourth-order valence-electron chi connectivity index (χ4n) is 4.04. The molecule has 190 valence electrons. The van der Waals surface area contributed by atoms with E-state index < -0.39 is 17.6 Å². The van der Waals surface area contributed by atoms with Gasteiger partial charge in [0.05, 0.1) is 48.1 Å². The smallest absolute Gasteiger partial charge is 0.378 e. The number of aromatic nitrogens is 4. The third kappa shape index (κ3) is 5.46. The molecule has 4 heterocycles. The number of rotatable bonds is 5. The lowest BCUT2D eigenvalue weighted by molar-refractivity contribution is -0.137. The van der Waals surface area contributed by atoms with Crippen molar-refractivity contribution >= 4 is 17.3 Å². The van der Waals surface area contributed by atoms with Crippen molar-refractivity contribution in [3.63, 3.8) is 0 Å². The third-order valence-electron chi connectivity index (χ3n) is 6.06. The molecule has 4 aromatic rings. The summed E-state index contributed by atoms with van der Waals surface area (Å²) in [4.78, 5) is 22.8. The van der Waals surface area contributed by atoms with Gasteiger partial charge in [-0.15, -0.1) is 0 Å². The summed E-state index contributed by atoms with van der Waals surface area (Å²) in [6.45, 7) is 4.87. The number of ether oxygens (including phenoxy) is 1. The van der Waals surface area contributed by atoms with Crippen LogP contribution in [0.1, 0.15) is 21.5 Å². The quantitative estimate of drug-likeness (QED) is 0.419. The molecule has 1 amide bonds. The van der Waals surface area contributed by atoms with Gasteiger partial charge in [0.1, 0.15) is 0 Å². The Morgan fingerprint density at radius 3 is 2.54 bits per heavy atom. The standard InChI is InChI=1S/C26H23F3N6O2/c1-17-2-3-22(33-25(36)19-8-21(14-30-12-19)26(27,28)29)10-24(17)35-16-20(13-32-35)18-9-23(15-31-11-18)34-4-6-37-7-5-34/h2-3,8-16H,4-7H2,1H3,(H,33,36). The van der Waals surface area contributed by atoms with Crippen LogP contribution in [0.3, 0.4) is 0 Å². The normalized spacial score (nSPS) is 14.0. The zero-order valence-electron chi connectivity index (χ0n) is 19.9. The molecule has 1 aliphatic heterocycles. The largest absolute Gasteiger partial charge is 0.417 e. The van der Waals surface area contributed by atoms with Crippen molar-refractivity contribution in [3.05, 3.63) is 84.2 Å². The number of carbonyl (C=O) groups is 1. The molecule has 0 saturated carbocycles. The lowest BCUT2D eigenvalue weighted by atomic mass is 10.1. The molecule has 3 aromatic heterocycles. The molecule has 1 aromatic carbocycles. The number of nitrogens with one attached hydrogen (secondary N) is 1. The molecule has 1 aliphatic rings. The SMILES string of the molecule is Cc1ccc(NC(=O)c2cncc(C(F)(F)F)c2)cc1-n1cc(-c2cncc(N3CCOCC3)c2)cn1.